The Morgan fingerprint density at radius 2 is 1.61 bits per heavy atom. The smallest absolute Gasteiger partial charge is 0.179 e. The summed E-state index contributed by atoms with van der Waals surface area (Å²) in [7, 11) is -7.90. The third-order valence-electron chi connectivity index (χ3n) is 4.59. The lowest BCUT2D eigenvalue weighted by Gasteiger charge is -2.37. The van der Waals surface area contributed by atoms with E-state index in [0.29, 0.717) is 5.56 Å². The lowest BCUT2D eigenvalue weighted by Crippen LogP contribution is -2.37. The molecule has 1 aromatic carbocycles. The van der Waals surface area contributed by atoms with Crippen molar-refractivity contribution in [3.05, 3.63) is 23.5 Å². The average Bonchev–Trinajstić information content (AvgIpc) is 2.44. The number of nitrogens with two attached hydrogens (primary N) is 1. The lowest BCUT2D eigenvalue weighted by atomic mass is 9.69. The van der Waals surface area contributed by atoms with Crippen LogP contribution in [-0.4, -0.2) is 35.9 Å². The first-order valence-electron chi connectivity index (χ1n) is 7.45. The van der Waals surface area contributed by atoms with Gasteiger partial charge in [-0.15, -0.1) is 0 Å². The molecule has 1 saturated carbocycles. The van der Waals surface area contributed by atoms with E-state index in [2.05, 4.69) is 0 Å². The monoisotopic (exact) mass is 363 g/mol. The summed E-state index contributed by atoms with van der Waals surface area (Å²) in [5, 5.41) is 0. The Morgan fingerprint density at radius 3 is 2.04 bits per heavy atom. The number of halogens is 1. The Labute approximate surface area is 136 Å². The number of hydrogen-bond acceptors (Lipinski definition) is 5. The normalized spacial score (nSPS) is 18.8. The molecule has 0 amide bonds. The first-order chi connectivity index (χ1) is 10.5. The van der Waals surface area contributed by atoms with Gasteiger partial charge in [-0.05, 0) is 30.5 Å². The Morgan fingerprint density at radius 1 is 1.04 bits per heavy atom. The molecule has 1 aromatic rings. The fourth-order valence-electron chi connectivity index (χ4n) is 3.35. The molecule has 1 fully saturated rings. The van der Waals surface area contributed by atoms with Gasteiger partial charge in [0.2, 0.25) is 0 Å². The van der Waals surface area contributed by atoms with Crippen molar-refractivity contribution >= 4 is 19.7 Å². The molecule has 0 bridgehead atoms. The van der Waals surface area contributed by atoms with Gasteiger partial charge in [0.1, 0.15) is 10.7 Å². The van der Waals surface area contributed by atoms with Crippen molar-refractivity contribution in [2.75, 3.05) is 19.1 Å². The molecule has 8 heteroatoms. The van der Waals surface area contributed by atoms with Crippen LogP contribution in [-0.2, 0) is 25.1 Å². The van der Waals surface area contributed by atoms with Crippen LogP contribution in [0.4, 0.5) is 4.39 Å². The van der Waals surface area contributed by atoms with Gasteiger partial charge in [0.25, 0.3) is 0 Å². The molecule has 23 heavy (non-hydrogen) atoms. The van der Waals surface area contributed by atoms with Gasteiger partial charge in [0, 0.05) is 24.5 Å². The maximum absolute atomic E-state index is 14.5. The highest BCUT2D eigenvalue weighted by Gasteiger charge is 2.36. The molecule has 0 unspecified atom stereocenters. The summed E-state index contributed by atoms with van der Waals surface area (Å²) in [5.74, 6) is -1.02. The minimum absolute atomic E-state index is 0.272. The summed E-state index contributed by atoms with van der Waals surface area (Å²) in [5.41, 5.74) is 5.90. The molecule has 0 aromatic heterocycles. The molecule has 0 radical (unpaired) electrons. The summed E-state index contributed by atoms with van der Waals surface area (Å²) < 4.78 is 62.2. The van der Waals surface area contributed by atoms with Crippen LogP contribution >= 0.6 is 0 Å². The van der Waals surface area contributed by atoms with Crippen LogP contribution in [0.5, 0.6) is 0 Å². The van der Waals surface area contributed by atoms with Gasteiger partial charge in [0.15, 0.2) is 19.7 Å². The molecule has 2 N–H and O–H groups in total. The van der Waals surface area contributed by atoms with Crippen LogP contribution in [0.2, 0.25) is 0 Å². The fourth-order valence-corrected chi connectivity index (χ4v) is 5.87. The predicted molar refractivity (Wildman–Crippen MR) is 86.4 cm³/mol. The van der Waals surface area contributed by atoms with E-state index in [1.54, 1.807) is 0 Å². The van der Waals surface area contributed by atoms with E-state index in [1.807, 2.05) is 0 Å². The minimum Gasteiger partial charge on any atom is -0.330 e. The number of hydrogen-bond donors (Lipinski definition) is 1. The van der Waals surface area contributed by atoms with E-state index < -0.39 is 40.7 Å². The van der Waals surface area contributed by atoms with Crippen LogP contribution in [0.1, 0.15) is 37.7 Å². The topological polar surface area (TPSA) is 94.3 Å². The van der Waals surface area contributed by atoms with E-state index in [0.717, 1.165) is 50.7 Å². The van der Waals surface area contributed by atoms with Gasteiger partial charge in [-0.3, -0.25) is 0 Å². The van der Waals surface area contributed by atoms with Gasteiger partial charge < -0.3 is 5.73 Å². The zero-order valence-corrected chi connectivity index (χ0v) is 14.9. The first-order valence-corrected chi connectivity index (χ1v) is 11.2. The number of benzene rings is 1. The van der Waals surface area contributed by atoms with Crippen molar-refractivity contribution in [3.63, 3.8) is 0 Å². The third kappa shape index (κ3) is 3.59. The van der Waals surface area contributed by atoms with Gasteiger partial charge in [-0.25, -0.2) is 21.2 Å². The molecule has 0 aliphatic heterocycles. The maximum Gasteiger partial charge on any atom is 0.179 e. The van der Waals surface area contributed by atoms with Crippen LogP contribution < -0.4 is 5.73 Å². The average molecular weight is 363 g/mol. The van der Waals surface area contributed by atoms with Gasteiger partial charge in [-0.2, -0.15) is 0 Å². The molecule has 0 saturated heterocycles. The zero-order chi connectivity index (χ0) is 17.5. The molecule has 2 rings (SSSR count). The SMILES string of the molecule is CS(=O)(=O)c1cc(C2(CN)CCCCC2)cc(F)c1S(C)(=O)=O. The van der Waals surface area contributed by atoms with E-state index >= 15 is 0 Å². The summed E-state index contributed by atoms with van der Waals surface area (Å²) in [6, 6.07) is 2.44. The minimum atomic E-state index is -4.01. The highest BCUT2D eigenvalue weighted by molar-refractivity contribution is 7.93. The molecule has 130 valence electrons. The third-order valence-corrected chi connectivity index (χ3v) is 7.00. The highest BCUT2D eigenvalue weighted by Crippen LogP contribution is 2.41. The number of rotatable bonds is 4. The number of sulfone groups is 2. The molecule has 5 nitrogen and oxygen atoms in total. The van der Waals surface area contributed by atoms with Crippen LogP contribution in [0.15, 0.2) is 21.9 Å². The predicted octanol–water partition coefficient (Wildman–Crippen LogP) is 1.79. The molecule has 0 spiro atoms. The molecule has 1 aliphatic carbocycles. The van der Waals surface area contributed by atoms with Crippen molar-refractivity contribution in [1.82, 2.24) is 0 Å². The summed E-state index contributed by atoms with van der Waals surface area (Å²) in [6.45, 7) is 0.272. The Balaban J connectivity index is 2.77. The summed E-state index contributed by atoms with van der Waals surface area (Å²) in [4.78, 5) is -1.24. The van der Waals surface area contributed by atoms with E-state index in [1.165, 1.54) is 6.07 Å². The molecule has 0 heterocycles. The first kappa shape index (κ1) is 18.4. The molecule has 0 atom stereocenters. The molecule has 1 aliphatic rings. The van der Waals surface area contributed by atoms with Crippen molar-refractivity contribution in [3.8, 4) is 0 Å². The fraction of sp³-hybridized carbons (Fsp3) is 0.600. The highest BCUT2D eigenvalue weighted by atomic mass is 32.2. The van der Waals surface area contributed by atoms with Gasteiger partial charge in [-0.1, -0.05) is 19.3 Å². The second-order valence-electron chi connectivity index (χ2n) is 6.37. The molecular formula is C15H22FNO4S2. The summed E-state index contributed by atoms with van der Waals surface area (Å²) >= 11 is 0. The Bertz CT molecular complexity index is 810. The van der Waals surface area contributed by atoms with Crippen molar-refractivity contribution in [1.29, 1.82) is 0 Å². The quantitative estimate of drug-likeness (QED) is 0.880. The maximum atomic E-state index is 14.5. The van der Waals surface area contributed by atoms with E-state index in [4.69, 9.17) is 5.73 Å². The van der Waals surface area contributed by atoms with Crippen LogP contribution in [0, 0.1) is 5.82 Å². The van der Waals surface area contributed by atoms with E-state index in [9.17, 15) is 21.2 Å². The van der Waals surface area contributed by atoms with Crippen LogP contribution in [0.25, 0.3) is 0 Å². The standard InChI is InChI=1S/C15H22FNO4S2/c1-22(18,19)13-9-11(8-12(16)14(13)23(2,20)21)15(10-17)6-4-3-5-7-15/h8-9H,3-7,10,17H2,1-2H3. The van der Waals surface area contributed by atoms with Crippen molar-refractivity contribution in [2.24, 2.45) is 5.73 Å². The lowest BCUT2D eigenvalue weighted by molar-refractivity contribution is 0.299. The van der Waals surface area contributed by atoms with E-state index in [-0.39, 0.29) is 6.54 Å². The largest absolute Gasteiger partial charge is 0.330 e. The van der Waals surface area contributed by atoms with Crippen molar-refractivity contribution < 1.29 is 21.2 Å². The van der Waals surface area contributed by atoms with Gasteiger partial charge in [0.05, 0.1) is 4.90 Å². The Kier molecular flexibility index (Phi) is 4.90. The second-order valence-corrected chi connectivity index (χ2v) is 10.3. The van der Waals surface area contributed by atoms with Crippen LogP contribution in [0.3, 0.4) is 0 Å². The summed E-state index contributed by atoms with van der Waals surface area (Å²) in [6.07, 6.45) is 6.09. The zero-order valence-electron chi connectivity index (χ0n) is 13.3. The van der Waals surface area contributed by atoms with Crippen molar-refractivity contribution in [2.45, 2.75) is 47.3 Å². The molecular weight excluding hydrogens is 341 g/mol. The Hall–Kier alpha value is -0.990. The van der Waals surface area contributed by atoms with Gasteiger partial charge >= 0.3 is 0 Å². The second kappa shape index (κ2) is 6.14.